The molecule has 15 heavy (non-hydrogen) atoms. The highest BCUT2D eigenvalue weighted by atomic mass is 35.5. The van der Waals surface area contributed by atoms with E-state index in [0.29, 0.717) is 6.54 Å². The Morgan fingerprint density at radius 3 is 2.80 bits per heavy atom. The number of halogens is 1. The van der Waals surface area contributed by atoms with E-state index in [2.05, 4.69) is 6.58 Å². The second kappa shape index (κ2) is 4.84. The summed E-state index contributed by atoms with van der Waals surface area (Å²) in [5, 5.41) is 9.03. The molecule has 80 valence electrons. The highest BCUT2D eigenvalue weighted by Gasteiger charge is 2.09. The zero-order chi connectivity index (χ0) is 11.4. The van der Waals surface area contributed by atoms with Crippen LogP contribution in [0.3, 0.4) is 0 Å². The standard InChI is InChI=1S/C11H12ClNO2/c1-3-6-13(2)8-4-5-9(11(14)15)10(12)7-8/h3-5,7H,1,6H2,2H3,(H,14,15). The van der Waals surface area contributed by atoms with Crippen LogP contribution in [0.25, 0.3) is 0 Å². The molecule has 1 rings (SSSR count). The van der Waals surface area contributed by atoms with Crippen LogP contribution in [0.5, 0.6) is 0 Å². The summed E-state index contributed by atoms with van der Waals surface area (Å²) in [6.07, 6.45) is 1.76. The molecule has 4 heteroatoms. The first-order valence-electron chi connectivity index (χ1n) is 4.41. The molecule has 3 nitrogen and oxygen atoms in total. The lowest BCUT2D eigenvalue weighted by Gasteiger charge is -2.17. The van der Waals surface area contributed by atoms with Gasteiger partial charge in [-0.1, -0.05) is 17.7 Å². The van der Waals surface area contributed by atoms with Gasteiger partial charge in [-0.25, -0.2) is 4.79 Å². The summed E-state index contributed by atoms with van der Waals surface area (Å²) < 4.78 is 0. The van der Waals surface area contributed by atoms with Crippen LogP contribution in [0.1, 0.15) is 10.4 Å². The van der Waals surface area contributed by atoms with E-state index in [1.54, 1.807) is 18.2 Å². The molecule has 0 heterocycles. The number of carboxylic acids is 1. The lowest BCUT2D eigenvalue weighted by molar-refractivity contribution is 0.0697. The Morgan fingerprint density at radius 1 is 1.67 bits per heavy atom. The van der Waals surface area contributed by atoms with Gasteiger partial charge in [0, 0.05) is 19.3 Å². The van der Waals surface area contributed by atoms with Crippen molar-refractivity contribution in [1.82, 2.24) is 0 Å². The fourth-order valence-corrected chi connectivity index (χ4v) is 1.47. The van der Waals surface area contributed by atoms with Crippen LogP contribution >= 0.6 is 11.6 Å². The van der Waals surface area contributed by atoms with E-state index < -0.39 is 5.97 Å². The van der Waals surface area contributed by atoms with E-state index in [1.807, 2.05) is 11.9 Å². The Balaban J connectivity index is 3.00. The zero-order valence-corrected chi connectivity index (χ0v) is 9.16. The van der Waals surface area contributed by atoms with E-state index >= 15 is 0 Å². The molecule has 0 unspecified atom stereocenters. The Bertz CT molecular complexity index is 390. The molecule has 1 aromatic carbocycles. The topological polar surface area (TPSA) is 40.5 Å². The Morgan fingerprint density at radius 2 is 2.33 bits per heavy atom. The smallest absolute Gasteiger partial charge is 0.337 e. The third-order valence-corrected chi connectivity index (χ3v) is 2.34. The fraction of sp³-hybridized carbons (Fsp3) is 0.182. The number of nitrogens with zero attached hydrogens (tertiary/aromatic N) is 1. The monoisotopic (exact) mass is 225 g/mol. The average Bonchev–Trinajstić information content (AvgIpc) is 2.17. The van der Waals surface area contributed by atoms with Crippen molar-refractivity contribution in [3.05, 3.63) is 41.4 Å². The van der Waals surface area contributed by atoms with Gasteiger partial charge in [-0.05, 0) is 18.2 Å². The number of benzene rings is 1. The van der Waals surface area contributed by atoms with Gasteiger partial charge in [0.1, 0.15) is 0 Å². The number of hydrogen-bond donors (Lipinski definition) is 1. The van der Waals surface area contributed by atoms with Crippen molar-refractivity contribution in [3.8, 4) is 0 Å². The molecule has 1 aromatic rings. The van der Waals surface area contributed by atoms with Crippen molar-refractivity contribution >= 4 is 23.3 Å². The minimum Gasteiger partial charge on any atom is -0.478 e. The molecule has 0 amide bonds. The maximum Gasteiger partial charge on any atom is 0.337 e. The highest BCUT2D eigenvalue weighted by Crippen LogP contribution is 2.22. The molecule has 0 aliphatic rings. The van der Waals surface area contributed by atoms with Crippen LogP contribution in [0.15, 0.2) is 30.9 Å². The maximum atomic E-state index is 10.7. The Kier molecular flexibility index (Phi) is 3.74. The van der Waals surface area contributed by atoms with Crippen LogP contribution in [0.4, 0.5) is 5.69 Å². The average molecular weight is 226 g/mol. The van der Waals surface area contributed by atoms with Crippen LogP contribution < -0.4 is 4.90 Å². The molecule has 0 bridgehead atoms. The molecular formula is C11H12ClNO2. The summed E-state index contributed by atoms with van der Waals surface area (Å²) in [6, 6.07) is 4.85. The molecule has 0 aliphatic heterocycles. The predicted octanol–water partition coefficient (Wildman–Crippen LogP) is 2.66. The second-order valence-corrected chi connectivity index (χ2v) is 3.55. The van der Waals surface area contributed by atoms with Gasteiger partial charge in [-0.15, -0.1) is 6.58 Å². The zero-order valence-electron chi connectivity index (χ0n) is 8.40. The van der Waals surface area contributed by atoms with Gasteiger partial charge in [0.25, 0.3) is 0 Å². The van der Waals surface area contributed by atoms with Gasteiger partial charge in [-0.3, -0.25) is 0 Å². The number of likely N-dealkylation sites (N-methyl/N-ethyl adjacent to an activating group) is 1. The first-order valence-corrected chi connectivity index (χ1v) is 4.79. The SMILES string of the molecule is C=CCN(C)c1ccc(C(=O)O)c(Cl)c1. The van der Waals surface area contributed by atoms with E-state index in [9.17, 15) is 4.79 Å². The van der Waals surface area contributed by atoms with Crippen molar-refractivity contribution in [2.75, 3.05) is 18.5 Å². The van der Waals surface area contributed by atoms with Crippen LogP contribution in [-0.2, 0) is 0 Å². The van der Waals surface area contributed by atoms with Crippen molar-refractivity contribution in [2.45, 2.75) is 0 Å². The van der Waals surface area contributed by atoms with Gasteiger partial charge in [0.05, 0.1) is 10.6 Å². The molecular weight excluding hydrogens is 214 g/mol. The van der Waals surface area contributed by atoms with Gasteiger partial charge in [-0.2, -0.15) is 0 Å². The lowest BCUT2D eigenvalue weighted by Crippen LogP contribution is -2.16. The van der Waals surface area contributed by atoms with E-state index in [1.165, 1.54) is 6.07 Å². The summed E-state index contributed by atoms with van der Waals surface area (Å²) in [7, 11) is 1.88. The van der Waals surface area contributed by atoms with Crippen molar-refractivity contribution in [2.24, 2.45) is 0 Å². The third-order valence-electron chi connectivity index (χ3n) is 2.03. The van der Waals surface area contributed by atoms with Crippen LogP contribution in [0.2, 0.25) is 5.02 Å². The molecule has 1 N–H and O–H groups in total. The van der Waals surface area contributed by atoms with Crippen LogP contribution in [-0.4, -0.2) is 24.7 Å². The minimum absolute atomic E-state index is 0.118. The molecule has 0 radical (unpaired) electrons. The van der Waals surface area contributed by atoms with E-state index in [4.69, 9.17) is 16.7 Å². The number of carboxylic acid groups (broad SMARTS) is 1. The molecule has 0 fully saturated rings. The van der Waals surface area contributed by atoms with Crippen LogP contribution in [0, 0.1) is 0 Å². The Hall–Kier alpha value is -1.48. The van der Waals surface area contributed by atoms with Crippen molar-refractivity contribution in [3.63, 3.8) is 0 Å². The molecule has 0 saturated heterocycles. The summed E-state index contributed by atoms with van der Waals surface area (Å²) in [6.45, 7) is 4.31. The molecule has 0 aliphatic carbocycles. The molecule has 0 saturated carbocycles. The molecule has 0 atom stereocenters. The quantitative estimate of drug-likeness (QED) is 0.801. The summed E-state index contributed by atoms with van der Waals surface area (Å²) >= 11 is 5.84. The molecule has 0 aromatic heterocycles. The van der Waals surface area contributed by atoms with E-state index in [0.717, 1.165) is 5.69 Å². The van der Waals surface area contributed by atoms with Gasteiger partial charge < -0.3 is 10.0 Å². The Labute approximate surface area is 93.6 Å². The summed E-state index contributed by atoms with van der Waals surface area (Å²) in [5.41, 5.74) is 0.984. The second-order valence-electron chi connectivity index (χ2n) is 3.14. The number of carbonyl (C=O) groups is 1. The minimum atomic E-state index is -1.02. The first-order chi connectivity index (χ1) is 7.06. The molecule has 0 spiro atoms. The number of hydrogen-bond acceptors (Lipinski definition) is 2. The largest absolute Gasteiger partial charge is 0.478 e. The van der Waals surface area contributed by atoms with Gasteiger partial charge in [0.2, 0.25) is 0 Å². The highest BCUT2D eigenvalue weighted by molar-refractivity contribution is 6.33. The summed E-state index contributed by atoms with van der Waals surface area (Å²) in [4.78, 5) is 12.6. The van der Waals surface area contributed by atoms with Gasteiger partial charge in [0.15, 0.2) is 0 Å². The number of aromatic carboxylic acids is 1. The number of anilines is 1. The van der Waals surface area contributed by atoms with Crippen molar-refractivity contribution < 1.29 is 9.90 Å². The maximum absolute atomic E-state index is 10.7. The van der Waals surface area contributed by atoms with Gasteiger partial charge >= 0.3 is 5.97 Å². The lowest BCUT2D eigenvalue weighted by atomic mass is 10.2. The van der Waals surface area contributed by atoms with E-state index in [-0.39, 0.29) is 10.6 Å². The van der Waals surface area contributed by atoms with Crippen molar-refractivity contribution in [1.29, 1.82) is 0 Å². The fourth-order valence-electron chi connectivity index (χ4n) is 1.21. The predicted molar refractivity (Wildman–Crippen MR) is 61.9 cm³/mol. The number of rotatable bonds is 4. The first kappa shape index (κ1) is 11.6. The normalized spacial score (nSPS) is 9.73. The third kappa shape index (κ3) is 2.73. The summed E-state index contributed by atoms with van der Waals surface area (Å²) in [5.74, 6) is -1.02.